The van der Waals surface area contributed by atoms with Crippen molar-refractivity contribution in [2.24, 2.45) is 10.2 Å². The van der Waals surface area contributed by atoms with Crippen molar-refractivity contribution in [3.63, 3.8) is 0 Å². The molecule has 8 heteroatoms. The van der Waals surface area contributed by atoms with Crippen LogP contribution in [0.2, 0.25) is 0 Å². The number of hydrogen-bond donors (Lipinski definition) is 2. The number of azo groups is 1. The van der Waals surface area contributed by atoms with Crippen molar-refractivity contribution >= 4 is 38.0 Å². The van der Waals surface area contributed by atoms with E-state index in [1.807, 2.05) is 13.0 Å². The summed E-state index contributed by atoms with van der Waals surface area (Å²) in [4.78, 5) is 4.37. The monoisotopic (exact) mass is 522 g/mol. The van der Waals surface area contributed by atoms with Crippen molar-refractivity contribution in [1.29, 1.82) is 0 Å². The summed E-state index contributed by atoms with van der Waals surface area (Å²) in [5, 5.41) is 9.19. The molecule has 0 saturated heterocycles. The number of benzene rings is 4. The molecule has 1 heterocycles. The average molecular weight is 523 g/mol. The molecule has 3 N–H and O–H groups in total. The third-order valence-corrected chi connectivity index (χ3v) is 7.20. The summed E-state index contributed by atoms with van der Waals surface area (Å²) >= 11 is 0. The molecule has 1 aromatic heterocycles. The normalized spacial score (nSPS) is 11.9. The zero-order valence-electron chi connectivity index (χ0n) is 21.2. The number of anilines is 1. The molecule has 0 unspecified atom stereocenters. The van der Waals surface area contributed by atoms with E-state index >= 15 is 0 Å². The molecular weight excluding hydrogens is 496 g/mol. The SMILES string of the molecule is Cc1cc(C)cc(-c2ccc(C)cc2-c2ccc(N=Nc3cc(S(=O)(=O)O)c4ccccc4c3N)cn2)c1. The summed E-state index contributed by atoms with van der Waals surface area (Å²) in [7, 11) is -4.49. The van der Waals surface area contributed by atoms with Gasteiger partial charge in [-0.3, -0.25) is 9.54 Å². The zero-order chi connectivity index (χ0) is 27.0. The van der Waals surface area contributed by atoms with Crippen molar-refractivity contribution in [2.75, 3.05) is 5.73 Å². The van der Waals surface area contributed by atoms with Gasteiger partial charge in [-0.2, -0.15) is 8.42 Å². The van der Waals surface area contributed by atoms with Crippen LogP contribution in [-0.2, 0) is 10.1 Å². The number of aryl methyl sites for hydroxylation is 3. The fourth-order valence-corrected chi connectivity index (χ4v) is 5.33. The fraction of sp³-hybridized carbons (Fsp3) is 0.100. The molecule has 0 saturated carbocycles. The molecule has 5 rings (SSSR count). The molecule has 7 nitrogen and oxygen atoms in total. The molecule has 0 amide bonds. The highest BCUT2D eigenvalue weighted by Gasteiger charge is 2.18. The molecule has 0 radical (unpaired) electrons. The van der Waals surface area contributed by atoms with Gasteiger partial charge in [-0.05, 0) is 56.2 Å². The maximum atomic E-state index is 12.0. The van der Waals surface area contributed by atoms with Gasteiger partial charge in [0.2, 0.25) is 0 Å². The van der Waals surface area contributed by atoms with Gasteiger partial charge in [-0.1, -0.05) is 71.3 Å². The minimum Gasteiger partial charge on any atom is -0.396 e. The van der Waals surface area contributed by atoms with Crippen molar-refractivity contribution in [3.05, 3.63) is 102 Å². The second kappa shape index (κ2) is 9.81. The van der Waals surface area contributed by atoms with E-state index < -0.39 is 10.1 Å². The van der Waals surface area contributed by atoms with Crippen LogP contribution in [0, 0.1) is 20.8 Å². The Hall–Kier alpha value is -4.40. The lowest BCUT2D eigenvalue weighted by atomic mass is 9.93. The summed E-state index contributed by atoms with van der Waals surface area (Å²) in [5.41, 5.74) is 14.7. The van der Waals surface area contributed by atoms with Gasteiger partial charge in [0.05, 0.1) is 17.6 Å². The Labute approximate surface area is 221 Å². The quantitative estimate of drug-likeness (QED) is 0.139. The van der Waals surface area contributed by atoms with Gasteiger partial charge in [0, 0.05) is 16.3 Å². The summed E-state index contributed by atoms with van der Waals surface area (Å²) in [6, 6.07) is 24.3. The van der Waals surface area contributed by atoms with E-state index in [1.165, 1.54) is 17.2 Å². The molecule has 0 spiro atoms. The van der Waals surface area contributed by atoms with Crippen molar-refractivity contribution in [1.82, 2.24) is 4.98 Å². The van der Waals surface area contributed by atoms with Gasteiger partial charge in [-0.15, -0.1) is 10.2 Å². The number of nitrogens with two attached hydrogens (primary N) is 1. The lowest BCUT2D eigenvalue weighted by Crippen LogP contribution is -2.01. The Morgan fingerprint density at radius 2 is 1.47 bits per heavy atom. The van der Waals surface area contributed by atoms with Gasteiger partial charge in [0.15, 0.2) is 0 Å². The van der Waals surface area contributed by atoms with E-state index in [9.17, 15) is 13.0 Å². The highest BCUT2D eigenvalue weighted by Crippen LogP contribution is 2.37. The molecule has 0 fully saturated rings. The summed E-state index contributed by atoms with van der Waals surface area (Å²) < 4.78 is 33.7. The van der Waals surface area contributed by atoms with E-state index in [0.717, 1.165) is 27.9 Å². The number of aromatic nitrogens is 1. The van der Waals surface area contributed by atoms with Crippen LogP contribution in [0.25, 0.3) is 33.2 Å². The van der Waals surface area contributed by atoms with Crippen LogP contribution in [0.1, 0.15) is 16.7 Å². The van der Waals surface area contributed by atoms with Gasteiger partial charge < -0.3 is 5.73 Å². The number of hydrogen-bond acceptors (Lipinski definition) is 6. The van der Waals surface area contributed by atoms with Gasteiger partial charge >= 0.3 is 0 Å². The zero-order valence-corrected chi connectivity index (χ0v) is 22.0. The lowest BCUT2D eigenvalue weighted by Gasteiger charge is -2.12. The topological polar surface area (TPSA) is 118 Å². The maximum Gasteiger partial charge on any atom is 0.295 e. The van der Waals surface area contributed by atoms with Crippen LogP contribution in [0.4, 0.5) is 17.1 Å². The van der Waals surface area contributed by atoms with Gasteiger partial charge in [0.25, 0.3) is 10.1 Å². The van der Waals surface area contributed by atoms with Crippen molar-refractivity contribution in [2.45, 2.75) is 25.7 Å². The first-order valence-electron chi connectivity index (χ1n) is 12.0. The maximum absolute atomic E-state index is 12.0. The molecule has 190 valence electrons. The van der Waals surface area contributed by atoms with E-state index in [4.69, 9.17) is 5.73 Å². The van der Waals surface area contributed by atoms with Crippen LogP contribution in [0.3, 0.4) is 0 Å². The second-order valence-corrected chi connectivity index (χ2v) is 10.7. The number of fused-ring (bicyclic) bond motifs is 1. The number of nitrogens with zero attached hydrogens (tertiary/aromatic N) is 3. The smallest absolute Gasteiger partial charge is 0.295 e. The first-order valence-corrected chi connectivity index (χ1v) is 13.4. The standard InChI is InChI=1S/C30H26N4O3S/c1-18-8-10-23(21-13-19(2)12-20(3)14-21)26(15-18)27-11-9-22(17-32-27)33-34-28-16-29(38(35,36)37)24-6-4-5-7-25(24)30(28)31/h4-17H,31H2,1-3H3,(H,35,36,37). The minimum absolute atomic E-state index is 0.135. The first-order chi connectivity index (χ1) is 18.1. The molecule has 0 aliphatic rings. The fourth-order valence-electron chi connectivity index (χ4n) is 4.61. The Morgan fingerprint density at radius 1 is 0.763 bits per heavy atom. The third-order valence-electron chi connectivity index (χ3n) is 6.31. The molecule has 0 atom stereocenters. The van der Waals surface area contributed by atoms with E-state index in [-0.39, 0.29) is 16.3 Å². The molecule has 0 aliphatic carbocycles. The van der Waals surface area contributed by atoms with E-state index in [0.29, 0.717) is 16.5 Å². The van der Waals surface area contributed by atoms with Gasteiger partial charge in [-0.25, -0.2) is 0 Å². The third kappa shape index (κ3) is 5.04. The molecule has 38 heavy (non-hydrogen) atoms. The Bertz CT molecular complexity index is 1810. The van der Waals surface area contributed by atoms with Crippen LogP contribution in [0.15, 0.2) is 100 Å². The molecule has 0 aliphatic heterocycles. The molecule has 0 bridgehead atoms. The van der Waals surface area contributed by atoms with Gasteiger partial charge in [0.1, 0.15) is 16.3 Å². The first kappa shape index (κ1) is 25.3. The molecule has 5 aromatic rings. The summed E-state index contributed by atoms with van der Waals surface area (Å²) in [6.45, 7) is 6.22. The Kier molecular flexibility index (Phi) is 6.52. The van der Waals surface area contributed by atoms with E-state index in [1.54, 1.807) is 36.5 Å². The minimum atomic E-state index is -4.49. The Balaban J connectivity index is 1.52. The number of pyridine rings is 1. The van der Waals surface area contributed by atoms with E-state index in [2.05, 4.69) is 65.5 Å². The molecule has 4 aromatic carbocycles. The van der Waals surface area contributed by atoms with Crippen LogP contribution in [0.5, 0.6) is 0 Å². The van der Waals surface area contributed by atoms with Crippen molar-refractivity contribution < 1.29 is 13.0 Å². The predicted octanol–water partition coefficient (Wildman–Crippen LogP) is 7.74. The van der Waals surface area contributed by atoms with Crippen LogP contribution in [-0.4, -0.2) is 18.0 Å². The highest BCUT2D eigenvalue weighted by atomic mass is 32.2. The number of nitrogen functional groups attached to an aromatic ring is 1. The summed E-state index contributed by atoms with van der Waals surface area (Å²) in [6.07, 6.45) is 1.60. The second-order valence-electron chi connectivity index (χ2n) is 9.36. The largest absolute Gasteiger partial charge is 0.396 e. The lowest BCUT2D eigenvalue weighted by molar-refractivity contribution is 0.484. The average Bonchev–Trinajstić information content (AvgIpc) is 2.87. The van der Waals surface area contributed by atoms with Crippen LogP contribution >= 0.6 is 0 Å². The van der Waals surface area contributed by atoms with Crippen LogP contribution < -0.4 is 5.73 Å². The number of rotatable bonds is 5. The molecular formula is C30H26N4O3S. The summed E-state index contributed by atoms with van der Waals surface area (Å²) in [5.74, 6) is 0. The van der Waals surface area contributed by atoms with Crippen molar-refractivity contribution in [3.8, 4) is 22.4 Å². The Morgan fingerprint density at radius 3 is 2.13 bits per heavy atom. The predicted molar refractivity (Wildman–Crippen MR) is 152 cm³/mol. The highest BCUT2D eigenvalue weighted by molar-refractivity contribution is 7.86.